The van der Waals surface area contributed by atoms with Crippen molar-refractivity contribution in [3.05, 3.63) is 58.8 Å². The Labute approximate surface area is 131 Å². The summed E-state index contributed by atoms with van der Waals surface area (Å²) in [6.45, 7) is 3.82. The number of ketones is 1. The lowest BCUT2D eigenvalue weighted by Crippen LogP contribution is -2.07. The lowest BCUT2D eigenvalue weighted by molar-refractivity contribution is 0.0939. The molecular formula is C17H15BrN2O. The molecule has 0 radical (unpaired) electrons. The summed E-state index contributed by atoms with van der Waals surface area (Å²) in [7, 11) is 0. The second-order valence-electron chi connectivity index (χ2n) is 5.32. The molecule has 3 aromatic rings. The fraction of sp³-hybridized carbons (Fsp3) is 0.176. The summed E-state index contributed by atoms with van der Waals surface area (Å²) in [5.41, 5.74) is 3.58. The molecule has 21 heavy (non-hydrogen) atoms. The maximum absolute atomic E-state index is 12.1. The maximum Gasteiger partial charge on any atom is 0.165 e. The number of rotatable bonds is 3. The van der Waals surface area contributed by atoms with Gasteiger partial charge in [-0.3, -0.25) is 9.36 Å². The molecular weight excluding hydrogens is 328 g/mol. The Morgan fingerprint density at radius 1 is 1.19 bits per heavy atom. The van der Waals surface area contributed by atoms with Crippen LogP contribution in [0.15, 0.2) is 53.3 Å². The van der Waals surface area contributed by atoms with Gasteiger partial charge in [0.1, 0.15) is 6.33 Å². The van der Waals surface area contributed by atoms with Gasteiger partial charge in [-0.15, -0.1) is 0 Å². The molecule has 1 aromatic heterocycles. The van der Waals surface area contributed by atoms with Crippen LogP contribution in [-0.2, 0) is 0 Å². The Balaban J connectivity index is 2.10. The maximum atomic E-state index is 12.1. The minimum absolute atomic E-state index is 0.00499. The molecule has 0 saturated carbocycles. The van der Waals surface area contributed by atoms with Crippen LogP contribution < -0.4 is 0 Å². The number of carbonyl (C=O) groups is 1. The van der Waals surface area contributed by atoms with Gasteiger partial charge < -0.3 is 0 Å². The molecule has 0 atom stereocenters. The fourth-order valence-corrected chi connectivity index (χ4v) is 2.72. The minimum Gasteiger partial charge on any atom is -0.299 e. The third kappa shape index (κ3) is 2.63. The van der Waals surface area contributed by atoms with Crippen molar-refractivity contribution in [2.45, 2.75) is 13.8 Å². The molecule has 106 valence electrons. The van der Waals surface area contributed by atoms with E-state index in [1.807, 2.05) is 60.9 Å². The predicted molar refractivity (Wildman–Crippen MR) is 87.9 cm³/mol. The zero-order chi connectivity index (χ0) is 15.0. The van der Waals surface area contributed by atoms with Crippen molar-refractivity contribution in [3.63, 3.8) is 0 Å². The first-order valence-corrected chi connectivity index (χ1v) is 7.63. The summed E-state index contributed by atoms with van der Waals surface area (Å²) in [5.74, 6) is 0.142. The van der Waals surface area contributed by atoms with Crippen LogP contribution in [0.5, 0.6) is 0 Å². The van der Waals surface area contributed by atoms with Crippen LogP contribution in [0.1, 0.15) is 24.2 Å². The molecule has 0 bridgehead atoms. The number of hydrogen-bond acceptors (Lipinski definition) is 2. The smallest absolute Gasteiger partial charge is 0.165 e. The summed E-state index contributed by atoms with van der Waals surface area (Å²) in [5, 5.41) is 0. The third-order valence-electron chi connectivity index (χ3n) is 3.44. The van der Waals surface area contributed by atoms with Gasteiger partial charge in [-0.2, -0.15) is 0 Å². The Morgan fingerprint density at radius 3 is 2.71 bits per heavy atom. The quantitative estimate of drug-likeness (QED) is 0.650. The van der Waals surface area contributed by atoms with Gasteiger partial charge in [0.15, 0.2) is 5.78 Å². The normalized spacial score (nSPS) is 11.2. The molecule has 4 heteroatoms. The molecule has 2 aromatic carbocycles. The molecule has 0 amide bonds. The Kier molecular flexibility index (Phi) is 3.64. The van der Waals surface area contributed by atoms with Crippen LogP contribution in [0.2, 0.25) is 0 Å². The van der Waals surface area contributed by atoms with Gasteiger partial charge >= 0.3 is 0 Å². The highest BCUT2D eigenvalue weighted by atomic mass is 79.9. The lowest BCUT2D eigenvalue weighted by atomic mass is 10.0. The van der Waals surface area contributed by atoms with Gasteiger partial charge in [0.25, 0.3) is 0 Å². The number of Topliss-reactive ketones (excluding diaryl/α,β-unsaturated/α-hetero) is 1. The number of halogens is 1. The number of hydrogen-bond donors (Lipinski definition) is 0. The van der Waals surface area contributed by atoms with Gasteiger partial charge in [0.05, 0.1) is 11.0 Å². The number of fused-ring (bicyclic) bond motifs is 1. The summed E-state index contributed by atoms with van der Waals surface area (Å²) in [6, 6.07) is 13.7. The molecule has 0 saturated heterocycles. The van der Waals surface area contributed by atoms with Gasteiger partial charge in [-0.05, 0) is 36.4 Å². The van der Waals surface area contributed by atoms with Crippen molar-refractivity contribution in [3.8, 4) is 5.69 Å². The van der Waals surface area contributed by atoms with Crippen LogP contribution in [0.4, 0.5) is 0 Å². The van der Waals surface area contributed by atoms with Gasteiger partial charge in [-0.25, -0.2) is 4.98 Å². The molecule has 0 fully saturated rings. The summed E-state index contributed by atoms with van der Waals surface area (Å²) in [4.78, 5) is 16.5. The second kappa shape index (κ2) is 5.45. The van der Waals surface area contributed by atoms with Crippen molar-refractivity contribution in [1.29, 1.82) is 0 Å². The van der Waals surface area contributed by atoms with Crippen LogP contribution in [0.3, 0.4) is 0 Å². The highest BCUT2D eigenvalue weighted by molar-refractivity contribution is 9.10. The van der Waals surface area contributed by atoms with Crippen LogP contribution >= 0.6 is 15.9 Å². The average Bonchev–Trinajstić information content (AvgIpc) is 2.89. The van der Waals surface area contributed by atoms with E-state index < -0.39 is 0 Å². The van der Waals surface area contributed by atoms with E-state index in [0.29, 0.717) is 0 Å². The zero-order valence-corrected chi connectivity index (χ0v) is 13.5. The highest BCUT2D eigenvalue weighted by Crippen LogP contribution is 2.22. The van der Waals surface area contributed by atoms with Gasteiger partial charge in [-0.1, -0.05) is 35.8 Å². The predicted octanol–water partition coefficient (Wildman–Crippen LogP) is 4.63. The Hall–Kier alpha value is -1.94. The molecule has 0 aliphatic rings. The summed E-state index contributed by atoms with van der Waals surface area (Å²) in [6.07, 6.45) is 1.79. The Morgan fingerprint density at radius 2 is 2.00 bits per heavy atom. The molecule has 0 spiro atoms. The number of carbonyl (C=O) groups excluding carboxylic acids is 1. The minimum atomic E-state index is -0.00499. The standard InChI is InChI=1S/C17H15BrN2O/c1-11(2)17(21)12-6-7-16-15(8-12)19-10-20(16)14-5-3-4-13(18)9-14/h3-11H,1-2H3. The van der Waals surface area contributed by atoms with E-state index in [0.717, 1.165) is 26.8 Å². The van der Waals surface area contributed by atoms with Gasteiger partial charge in [0, 0.05) is 21.6 Å². The molecule has 0 unspecified atom stereocenters. The highest BCUT2D eigenvalue weighted by Gasteiger charge is 2.13. The number of benzene rings is 2. The molecule has 0 N–H and O–H groups in total. The zero-order valence-electron chi connectivity index (χ0n) is 11.9. The molecule has 0 aliphatic carbocycles. The lowest BCUT2D eigenvalue weighted by Gasteiger charge is -2.06. The van der Waals surface area contributed by atoms with Gasteiger partial charge in [0.2, 0.25) is 0 Å². The van der Waals surface area contributed by atoms with Crippen molar-refractivity contribution in [1.82, 2.24) is 9.55 Å². The van der Waals surface area contributed by atoms with Crippen molar-refractivity contribution in [2.24, 2.45) is 5.92 Å². The molecule has 1 heterocycles. The average molecular weight is 343 g/mol. The van der Waals surface area contributed by atoms with E-state index in [2.05, 4.69) is 20.9 Å². The van der Waals surface area contributed by atoms with E-state index >= 15 is 0 Å². The van der Waals surface area contributed by atoms with E-state index in [4.69, 9.17) is 0 Å². The fourth-order valence-electron chi connectivity index (χ4n) is 2.33. The second-order valence-corrected chi connectivity index (χ2v) is 6.23. The Bertz CT molecular complexity index is 821. The third-order valence-corrected chi connectivity index (χ3v) is 3.94. The number of aromatic nitrogens is 2. The largest absolute Gasteiger partial charge is 0.299 e. The molecule has 3 nitrogen and oxygen atoms in total. The first-order valence-electron chi connectivity index (χ1n) is 6.83. The van der Waals surface area contributed by atoms with Crippen LogP contribution in [0, 0.1) is 5.92 Å². The monoisotopic (exact) mass is 342 g/mol. The van der Waals surface area contributed by atoms with Crippen LogP contribution in [0.25, 0.3) is 16.7 Å². The van der Waals surface area contributed by atoms with E-state index in [-0.39, 0.29) is 11.7 Å². The summed E-state index contributed by atoms with van der Waals surface area (Å²) < 4.78 is 3.04. The number of nitrogens with zero attached hydrogens (tertiary/aromatic N) is 2. The van der Waals surface area contributed by atoms with Crippen molar-refractivity contribution < 1.29 is 4.79 Å². The van der Waals surface area contributed by atoms with E-state index in [1.54, 1.807) is 6.33 Å². The van der Waals surface area contributed by atoms with Crippen molar-refractivity contribution in [2.75, 3.05) is 0 Å². The van der Waals surface area contributed by atoms with Crippen molar-refractivity contribution >= 4 is 32.7 Å². The van der Waals surface area contributed by atoms with Crippen LogP contribution in [-0.4, -0.2) is 15.3 Å². The first-order chi connectivity index (χ1) is 10.1. The molecule has 3 rings (SSSR count). The molecule has 0 aliphatic heterocycles. The summed E-state index contributed by atoms with van der Waals surface area (Å²) >= 11 is 3.48. The van der Waals surface area contributed by atoms with E-state index in [1.165, 1.54) is 0 Å². The van der Waals surface area contributed by atoms with E-state index in [9.17, 15) is 4.79 Å². The topological polar surface area (TPSA) is 34.9 Å². The SMILES string of the molecule is CC(C)C(=O)c1ccc2c(c1)ncn2-c1cccc(Br)c1. The first kappa shape index (κ1) is 14.0. The number of imidazole rings is 1.